The summed E-state index contributed by atoms with van der Waals surface area (Å²) in [5.74, 6) is 0. The van der Waals surface area contributed by atoms with E-state index in [1.54, 1.807) is 6.20 Å². The topological polar surface area (TPSA) is 75.2 Å². The van der Waals surface area contributed by atoms with E-state index in [4.69, 9.17) is 10.5 Å². The smallest absolute Gasteiger partial charge is 0.103 e. The predicted molar refractivity (Wildman–Crippen MR) is 77.5 cm³/mol. The molecule has 0 saturated carbocycles. The number of ether oxygens (including phenoxy) is 1. The summed E-state index contributed by atoms with van der Waals surface area (Å²) in [4.78, 5) is 6.53. The molecule has 5 heteroatoms. The highest BCUT2D eigenvalue weighted by Crippen LogP contribution is 2.30. The summed E-state index contributed by atoms with van der Waals surface area (Å²) < 4.78 is 5.60. The average Bonchev–Trinajstić information content (AvgIpc) is 2.53. The lowest BCUT2D eigenvalue weighted by Gasteiger charge is -2.35. The maximum absolute atomic E-state index is 9.36. The highest BCUT2D eigenvalue weighted by Gasteiger charge is 2.23. The second-order valence-corrected chi connectivity index (χ2v) is 4.82. The lowest BCUT2D eigenvalue weighted by molar-refractivity contribution is 0.0466. The van der Waals surface area contributed by atoms with Crippen LogP contribution in [0.1, 0.15) is 5.56 Å². The van der Waals surface area contributed by atoms with Gasteiger partial charge in [-0.1, -0.05) is 18.2 Å². The van der Waals surface area contributed by atoms with Crippen molar-refractivity contribution < 1.29 is 4.74 Å². The molecule has 2 heterocycles. The van der Waals surface area contributed by atoms with Crippen molar-refractivity contribution in [3.8, 4) is 6.07 Å². The van der Waals surface area contributed by atoms with Gasteiger partial charge < -0.3 is 15.4 Å². The first kappa shape index (κ1) is 12.9. The zero-order chi connectivity index (χ0) is 13.9. The van der Waals surface area contributed by atoms with Gasteiger partial charge in [-0.05, 0) is 6.07 Å². The Morgan fingerprint density at radius 2 is 2.30 bits per heavy atom. The van der Waals surface area contributed by atoms with Crippen LogP contribution in [0.2, 0.25) is 0 Å². The molecule has 3 rings (SSSR count). The lowest BCUT2D eigenvalue weighted by atomic mass is 10.1. The van der Waals surface area contributed by atoms with Gasteiger partial charge in [0.2, 0.25) is 0 Å². The molecule has 0 amide bonds. The summed E-state index contributed by atoms with van der Waals surface area (Å²) >= 11 is 0. The maximum atomic E-state index is 9.36. The minimum atomic E-state index is 0.0159. The molecule has 1 unspecified atom stereocenters. The van der Waals surface area contributed by atoms with Crippen LogP contribution in [0.25, 0.3) is 10.9 Å². The third-order valence-corrected chi connectivity index (χ3v) is 3.59. The molecule has 2 N–H and O–H groups in total. The number of aromatic nitrogens is 1. The number of fused-ring (bicyclic) bond motifs is 1. The molecular formula is C15H16N4O. The molecule has 102 valence electrons. The Morgan fingerprint density at radius 3 is 3.10 bits per heavy atom. The third kappa shape index (κ3) is 2.20. The van der Waals surface area contributed by atoms with Gasteiger partial charge in [0.25, 0.3) is 0 Å². The first-order valence-electron chi connectivity index (χ1n) is 6.68. The van der Waals surface area contributed by atoms with Gasteiger partial charge >= 0.3 is 0 Å². The number of nitriles is 1. The van der Waals surface area contributed by atoms with E-state index in [0.29, 0.717) is 25.3 Å². The summed E-state index contributed by atoms with van der Waals surface area (Å²) in [7, 11) is 0. The number of nitrogens with two attached hydrogens (primary N) is 1. The molecular weight excluding hydrogens is 252 g/mol. The quantitative estimate of drug-likeness (QED) is 0.887. The van der Waals surface area contributed by atoms with Gasteiger partial charge in [-0.15, -0.1) is 0 Å². The number of nitrogens with zero attached hydrogens (tertiary/aromatic N) is 3. The van der Waals surface area contributed by atoms with E-state index in [1.807, 2.05) is 24.3 Å². The number of anilines is 1. The number of hydrogen-bond donors (Lipinski definition) is 1. The molecule has 0 bridgehead atoms. The van der Waals surface area contributed by atoms with Crippen molar-refractivity contribution in [1.82, 2.24) is 4.98 Å². The van der Waals surface area contributed by atoms with Crippen molar-refractivity contribution in [3.63, 3.8) is 0 Å². The number of benzene rings is 1. The van der Waals surface area contributed by atoms with E-state index in [2.05, 4.69) is 16.0 Å². The molecule has 0 aliphatic carbocycles. The van der Waals surface area contributed by atoms with E-state index in [0.717, 1.165) is 23.1 Å². The van der Waals surface area contributed by atoms with Crippen molar-refractivity contribution in [3.05, 3.63) is 36.0 Å². The highest BCUT2D eigenvalue weighted by atomic mass is 16.5. The summed E-state index contributed by atoms with van der Waals surface area (Å²) in [6.07, 6.45) is 1.66. The molecule has 2 aromatic rings. The first-order valence-corrected chi connectivity index (χ1v) is 6.68. The molecule has 1 aromatic heterocycles. The largest absolute Gasteiger partial charge is 0.373 e. The number of pyridine rings is 1. The van der Waals surface area contributed by atoms with Gasteiger partial charge in [0.15, 0.2) is 0 Å². The zero-order valence-electron chi connectivity index (χ0n) is 11.1. The normalized spacial score (nSPS) is 19.0. The molecule has 20 heavy (non-hydrogen) atoms. The predicted octanol–water partition coefficient (Wildman–Crippen LogP) is 1.27. The molecule has 5 nitrogen and oxygen atoms in total. The molecule has 1 atom stereocenters. The minimum Gasteiger partial charge on any atom is -0.373 e. The average molecular weight is 268 g/mol. The minimum absolute atomic E-state index is 0.0159. The van der Waals surface area contributed by atoms with Crippen LogP contribution in [0.15, 0.2) is 30.5 Å². The van der Waals surface area contributed by atoms with Crippen molar-refractivity contribution in [1.29, 1.82) is 5.26 Å². The molecule has 0 spiro atoms. The molecule has 1 saturated heterocycles. The van der Waals surface area contributed by atoms with E-state index in [9.17, 15) is 5.26 Å². The van der Waals surface area contributed by atoms with Gasteiger partial charge in [-0.3, -0.25) is 4.98 Å². The second kappa shape index (κ2) is 5.45. The van der Waals surface area contributed by atoms with E-state index in [1.165, 1.54) is 0 Å². The SMILES string of the molecule is N#Cc1cnc2ccccc2c1N1CCOC(CN)C1. The number of hydrogen-bond acceptors (Lipinski definition) is 5. The number of para-hydroxylation sites is 1. The highest BCUT2D eigenvalue weighted by molar-refractivity contribution is 5.94. The Hall–Kier alpha value is -2.16. The van der Waals surface area contributed by atoms with Gasteiger partial charge in [-0.25, -0.2) is 0 Å². The fourth-order valence-corrected chi connectivity index (χ4v) is 2.61. The van der Waals surface area contributed by atoms with Crippen molar-refractivity contribution in [2.75, 3.05) is 31.1 Å². The molecule has 0 radical (unpaired) electrons. The summed E-state index contributed by atoms with van der Waals surface area (Å²) in [5, 5.41) is 10.4. The summed E-state index contributed by atoms with van der Waals surface area (Å²) in [6, 6.07) is 10.1. The van der Waals surface area contributed by atoms with Crippen LogP contribution in [-0.4, -0.2) is 37.3 Å². The standard InChI is InChI=1S/C15H16N4O/c16-7-11-9-18-14-4-2-1-3-13(14)15(11)19-5-6-20-12(8-17)10-19/h1-4,9,12H,5-6,8,10,17H2. The number of morpholine rings is 1. The Labute approximate surface area is 117 Å². The van der Waals surface area contributed by atoms with Crippen LogP contribution >= 0.6 is 0 Å². The Kier molecular flexibility index (Phi) is 3.50. The lowest BCUT2D eigenvalue weighted by Crippen LogP contribution is -2.46. The Balaban J connectivity index is 2.11. The van der Waals surface area contributed by atoms with Crippen LogP contribution in [-0.2, 0) is 4.74 Å². The summed E-state index contributed by atoms with van der Waals surface area (Å²) in [6.45, 7) is 2.59. The maximum Gasteiger partial charge on any atom is 0.103 e. The summed E-state index contributed by atoms with van der Waals surface area (Å²) in [5.41, 5.74) is 8.14. The molecule has 1 aliphatic rings. The van der Waals surface area contributed by atoms with Gasteiger partial charge in [0.1, 0.15) is 6.07 Å². The molecule has 1 aromatic carbocycles. The van der Waals surface area contributed by atoms with E-state index >= 15 is 0 Å². The van der Waals surface area contributed by atoms with Crippen LogP contribution < -0.4 is 10.6 Å². The molecule has 1 aliphatic heterocycles. The van der Waals surface area contributed by atoms with E-state index in [-0.39, 0.29) is 6.10 Å². The van der Waals surface area contributed by atoms with Gasteiger partial charge in [0.05, 0.1) is 29.5 Å². The Morgan fingerprint density at radius 1 is 1.45 bits per heavy atom. The third-order valence-electron chi connectivity index (χ3n) is 3.59. The second-order valence-electron chi connectivity index (χ2n) is 4.82. The van der Waals surface area contributed by atoms with Crippen LogP contribution in [0.5, 0.6) is 0 Å². The van der Waals surface area contributed by atoms with Gasteiger partial charge in [0, 0.05) is 31.2 Å². The van der Waals surface area contributed by atoms with Crippen molar-refractivity contribution in [2.45, 2.75) is 6.10 Å². The van der Waals surface area contributed by atoms with Gasteiger partial charge in [-0.2, -0.15) is 5.26 Å². The zero-order valence-corrected chi connectivity index (χ0v) is 11.1. The van der Waals surface area contributed by atoms with Crippen LogP contribution in [0.3, 0.4) is 0 Å². The molecule has 1 fully saturated rings. The Bertz CT molecular complexity index is 664. The first-order chi connectivity index (χ1) is 9.83. The van der Waals surface area contributed by atoms with Crippen molar-refractivity contribution >= 4 is 16.6 Å². The monoisotopic (exact) mass is 268 g/mol. The van der Waals surface area contributed by atoms with Crippen molar-refractivity contribution in [2.24, 2.45) is 5.73 Å². The van der Waals surface area contributed by atoms with Crippen LogP contribution in [0.4, 0.5) is 5.69 Å². The number of rotatable bonds is 2. The fourth-order valence-electron chi connectivity index (χ4n) is 2.61. The fraction of sp³-hybridized carbons (Fsp3) is 0.333. The van der Waals surface area contributed by atoms with E-state index < -0.39 is 0 Å². The van der Waals surface area contributed by atoms with Crippen LogP contribution in [0, 0.1) is 11.3 Å².